The smallest absolute Gasteiger partial charge is 0.162 e. The second-order valence-electron chi connectivity index (χ2n) is 5.40. The van der Waals surface area contributed by atoms with Gasteiger partial charge in [-0.3, -0.25) is 4.79 Å². The van der Waals surface area contributed by atoms with Crippen LogP contribution >= 0.6 is 0 Å². The molecule has 1 aliphatic heterocycles. The number of hydrogen-bond donors (Lipinski definition) is 0. The van der Waals surface area contributed by atoms with Crippen molar-refractivity contribution < 1.29 is 9.53 Å². The fourth-order valence-electron chi connectivity index (χ4n) is 2.66. The van der Waals surface area contributed by atoms with E-state index in [4.69, 9.17) is 4.74 Å². The molecule has 0 amide bonds. The van der Waals surface area contributed by atoms with Gasteiger partial charge in [0.15, 0.2) is 5.78 Å². The third-order valence-electron chi connectivity index (χ3n) is 3.81. The van der Waals surface area contributed by atoms with Crippen molar-refractivity contribution in [3.05, 3.63) is 29.8 Å². The molecular weight excluding hydrogens is 250 g/mol. The van der Waals surface area contributed by atoms with Crippen LogP contribution in [0.2, 0.25) is 0 Å². The molecule has 0 radical (unpaired) electrons. The predicted octanol–water partition coefficient (Wildman–Crippen LogP) is 3.67. The number of piperidine rings is 1. The van der Waals surface area contributed by atoms with Gasteiger partial charge in [0.05, 0.1) is 6.10 Å². The van der Waals surface area contributed by atoms with Crippen molar-refractivity contribution in [1.29, 1.82) is 0 Å². The maximum atomic E-state index is 11.6. The number of carbonyl (C=O) groups excluding carboxylic acids is 1. The molecule has 3 heteroatoms. The van der Waals surface area contributed by atoms with Gasteiger partial charge < -0.3 is 9.64 Å². The lowest BCUT2D eigenvalue weighted by Crippen LogP contribution is -2.39. The number of nitrogens with zero attached hydrogens (tertiary/aromatic N) is 1. The largest absolute Gasteiger partial charge is 0.376 e. The molecule has 1 aromatic carbocycles. The quantitative estimate of drug-likeness (QED) is 0.742. The lowest BCUT2D eigenvalue weighted by atomic mass is 10.1. The Bertz CT molecular complexity index is 427. The molecule has 2 rings (SSSR count). The molecule has 0 spiro atoms. The summed E-state index contributed by atoms with van der Waals surface area (Å²) in [4.78, 5) is 14.0. The van der Waals surface area contributed by atoms with E-state index in [1.807, 2.05) is 19.1 Å². The Labute approximate surface area is 121 Å². The zero-order chi connectivity index (χ0) is 14.4. The zero-order valence-electron chi connectivity index (χ0n) is 12.6. The molecule has 1 aliphatic rings. The van der Waals surface area contributed by atoms with Gasteiger partial charge in [0.1, 0.15) is 0 Å². The van der Waals surface area contributed by atoms with Crippen LogP contribution in [0.3, 0.4) is 0 Å². The first-order chi connectivity index (χ1) is 9.74. The summed E-state index contributed by atoms with van der Waals surface area (Å²) in [5.41, 5.74) is 2.01. The third-order valence-corrected chi connectivity index (χ3v) is 3.81. The van der Waals surface area contributed by atoms with Crippen LogP contribution in [0.15, 0.2) is 24.3 Å². The van der Waals surface area contributed by atoms with Gasteiger partial charge in [-0.2, -0.15) is 0 Å². The topological polar surface area (TPSA) is 29.5 Å². The van der Waals surface area contributed by atoms with Crippen LogP contribution in [0.1, 0.15) is 49.9 Å². The van der Waals surface area contributed by atoms with Crippen molar-refractivity contribution in [2.24, 2.45) is 0 Å². The van der Waals surface area contributed by atoms with Crippen LogP contribution < -0.4 is 4.90 Å². The fourth-order valence-corrected chi connectivity index (χ4v) is 2.66. The summed E-state index contributed by atoms with van der Waals surface area (Å²) in [7, 11) is 0. The SMILES string of the molecule is CCCOC1CCCN(c2ccc(C(=O)CC)cc2)C1. The summed E-state index contributed by atoms with van der Waals surface area (Å²) in [5.74, 6) is 0.208. The molecule has 1 unspecified atom stereocenters. The molecule has 1 atom stereocenters. The highest BCUT2D eigenvalue weighted by Crippen LogP contribution is 2.22. The van der Waals surface area contributed by atoms with Crippen molar-refractivity contribution in [1.82, 2.24) is 0 Å². The Morgan fingerprint density at radius 3 is 2.70 bits per heavy atom. The predicted molar refractivity (Wildman–Crippen MR) is 82.5 cm³/mol. The first-order valence-corrected chi connectivity index (χ1v) is 7.74. The Morgan fingerprint density at radius 2 is 2.05 bits per heavy atom. The third kappa shape index (κ3) is 3.83. The van der Waals surface area contributed by atoms with Crippen LogP contribution in [0.25, 0.3) is 0 Å². The van der Waals surface area contributed by atoms with Crippen molar-refractivity contribution in [3.8, 4) is 0 Å². The Balaban J connectivity index is 1.98. The Hall–Kier alpha value is -1.35. The van der Waals surface area contributed by atoms with Crippen LogP contribution in [0.5, 0.6) is 0 Å². The van der Waals surface area contributed by atoms with E-state index < -0.39 is 0 Å². The first-order valence-electron chi connectivity index (χ1n) is 7.74. The van der Waals surface area contributed by atoms with E-state index in [2.05, 4.69) is 24.0 Å². The number of ether oxygens (including phenoxy) is 1. The van der Waals surface area contributed by atoms with Crippen LogP contribution in [-0.4, -0.2) is 31.6 Å². The number of anilines is 1. The molecule has 0 aliphatic carbocycles. The van der Waals surface area contributed by atoms with E-state index in [0.29, 0.717) is 12.5 Å². The number of benzene rings is 1. The van der Waals surface area contributed by atoms with Gasteiger partial charge in [-0.15, -0.1) is 0 Å². The minimum absolute atomic E-state index is 0.208. The van der Waals surface area contributed by atoms with Crippen LogP contribution in [-0.2, 0) is 4.74 Å². The number of carbonyl (C=O) groups is 1. The summed E-state index contributed by atoms with van der Waals surface area (Å²) < 4.78 is 5.87. The molecule has 1 fully saturated rings. The maximum absolute atomic E-state index is 11.6. The lowest BCUT2D eigenvalue weighted by molar-refractivity contribution is 0.0440. The standard InChI is InChI=1S/C17H25NO2/c1-3-12-20-16-6-5-11-18(13-16)15-9-7-14(8-10-15)17(19)4-2/h7-10,16H,3-6,11-13H2,1-2H3. The molecule has 0 N–H and O–H groups in total. The molecule has 3 nitrogen and oxygen atoms in total. The molecule has 0 saturated carbocycles. The highest BCUT2D eigenvalue weighted by Gasteiger charge is 2.20. The van der Waals surface area contributed by atoms with E-state index in [1.165, 1.54) is 12.1 Å². The molecule has 0 aromatic heterocycles. The van der Waals surface area contributed by atoms with Gasteiger partial charge in [-0.25, -0.2) is 0 Å². The minimum Gasteiger partial charge on any atom is -0.376 e. The lowest BCUT2D eigenvalue weighted by Gasteiger charge is -2.34. The number of hydrogen-bond acceptors (Lipinski definition) is 3. The van der Waals surface area contributed by atoms with E-state index in [9.17, 15) is 4.79 Å². The Kier molecular flexibility index (Phi) is 5.60. The van der Waals surface area contributed by atoms with Crippen molar-refractivity contribution in [3.63, 3.8) is 0 Å². The Morgan fingerprint density at radius 1 is 1.30 bits per heavy atom. The van der Waals surface area contributed by atoms with Gasteiger partial charge in [0.25, 0.3) is 0 Å². The molecule has 110 valence electrons. The molecule has 1 heterocycles. The van der Waals surface area contributed by atoms with E-state index in [1.54, 1.807) is 0 Å². The summed E-state index contributed by atoms with van der Waals surface area (Å²) in [5, 5.41) is 0. The zero-order valence-corrected chi connectivity index (χ0v) is 12.6. The van der Waals surface area contributed by atoms with E-state index >= 15 is 0 Å². The van der Waals surface area contributed by atoms with Gasteiger partial charge in [0.2, 0.25) is 0 Å². The van der Waals surface area contributed by atoms with Crippen molar-refractivity contribution in [2.75, 3.05) is 24.6 Å². The van der Waals surface area contributed by atoms with Crippen LogP contribution in [0.4, 0.5) is 5.69 Å². The summed E-state index contributed by atoms with van der Waals surface area (Å²) in [6.07, 6.45) is 4.31. The fraction of sp³-hybridized carbons (Fsp3) is 0.588. The van der Waals surface area contributed by atoms with Crippen molar-refractivity contribution >= 4 is 11.5 Å². The summed E-state index contributed by atoms with van der Waals surface area (Å²) >= 11 is 0. The average Bonchev–Trinajstić information content (AvgIpc) is 2.52. The van der Waals surface area contributed by atoms with Crippen LogP contribution in [0, 0.1) is 0 Å². The van der Waals surface area contributed by atoms with E-state index in [-0.39, 0.29) is 5.78 Å². The molecule has 20 heavy (non-hydrogen) atoms. The second-order valence-corrected chi connectivity index (χ2v) is 5.40. The highest BCUT2D eigenvalue weighted by molar-refractivity contribution is 5.96. The normalized spacial score (nSPS) is 19.1. The first kappa shape index (κ1) is 15.0. The van der Waals surface area contributed by atoms with Gasteiger partial charge in [0, 0.05) is 37.4 Å². The average molecular weight is 275 g/mol. The van der Waals surface area contributed by atoms with E-state index in [0.717, 1.165) is 38.1 Å². The summed E-state index contributed by atoms with van der Waals surface area (Å²) in [6.45, 7) is 6.93. The maximum Gasteiger partial charge on any atom is 0.162 e. The molecule has 1 saturated heterocycles. The number of Topliss-reactive ketones (excluding diaryl/α,β-unsaturated/α-hetero) is 1. The highest BCUT2D eigenvalue weighted by atomic mass is 16.5. The molecular formula is C17H25NO2. The molecule has 1 aromatic rings. The molecule has 0 bridgehead atoms. The van der Waals surface area contributed by atoms with Gasteiger partial charge in [-0.1, -0.05) is 13.8 Å². The van der Waals surface area contributed by atoms with Crippen molar-refractivity contribution in [2.45, 2.75) is 45.6 Å². The number of rotatable bonds is 6. The van der Waals surface area contributed by atoms with Gasteiger partial charge >= 0.3 is 0 Å². The number of ketones is 1. The summed E-state index contributed by atoms with van der Waals surface area (Å²) in [6, 6.07) is 8.01. The monoisotopic (exact) mass is 275 g/mol. The van der Waals surface area contributed by atoms with Gasteiger partial charge in [-0.05, 0) is 43.5 Å². The minimum atomic E-state index is 0.208. The second kappa shape index (κ2) is 7.44.